The van der Waals surface area contributed by atoms with Gasteiger partial charge in [0, 0.05) is 45.1 Å². The van der Waals surface area contributed by atoms with E-state index in [1.165, 1.54) is 6.07 Å². The molecule has 1 N–H and O–H groups in total. The molecule has 2 aromatic heterocycles. The lowest BCUT2D eigenvalue weighted by Gasteiger charge is -2.19. The summed E-state index contributed by atoms with van der Waals surface area (Å²) in [6.07, 6.45) is 8.25. The van der Waals surface area contributed by atoms with Gasteiger partial charge in [0.1, 0.15) is 5.52 Å². The minimum absolute atomic E-state index is 0.0891. The van der Waals surface area contributed by atoms with Crippen molar-refractivity contribution in [3.05, 3.63) is 65.4 Å². The van der Waals surface area contributed by atoms with Crippen LogP contribution >= 0.6 is 0 Å². The molecule has 0 aliphatic carbocycles. The minimum Gasteiger partial charge on any atom is -0.385 e. The van der Waals surface area contributed by atoms with E-state index in [1.54, 1.807) is 42.5 Å². The molecule has 1 aliphatic heterocycles. The molecular weight excluding hydrogens is 432 g/mol. The number of methoxy groups -OCH3 is 1. The third-order valence-corrected chi connectivity index (χ3v) is 5.62. The van der Waals surface area contributed by atoms with Gasteiger partial charge in [-0.15, -0.1) is 0 Å². The lowest BCUT2D eigenvalue weighted by molar-refractivity contribution is 0.0774. The van der Waals surface area contributed by atoms with E-state index in [0.29, 0.717) is 66.5 Å². The molecule has 4 rings (SSSR count). The quantitative estimate of drug-likeness (QED) is 0.429. The predicted molar refractivity (Wildman–Crippen MR) is 127 cm³/mol. The normalized spacial score (nSPS) is 13.5. The molecule has 0 unspecified atom stereocenters. The van der Waals surface area contributed by atoms with Crippen molar-refractivity contribution in [3.8, 4) is 6.07 Å². The van der Waals surface area contributed by atoms with Gasteiger partial charge in [0.05, 0.1) is 17.2 Å². The molecule has 9 heteroatoms. The van der Waals surface area contributed by atoms with Gasteiger partial charge in [-0.2, -0.15) is 5.26 Å². The summed E-state index contributed by atoms with van der Waals surface area (Å²) in [7, 11) is 1.63. The van der Waals surface area contributed by atoms with E-state index < -0.39 is 0 Å². The fraction of sp³-hybridized carbons (Fsp3) is 0.320. The topological polar surface area (TPSA) is 113 Å². The first-order valence-corrected chi connectivity index (χ1v) is 11.2. The fourth-order valence-electron chi connectivity index (χ4n) is 3.88. The first kappa shape index (κ1) is 23.1. The highest BCUT2D eigenvalue weighted by molar-refractivity contribution is 6.04. The van der Waals surface area contributed by atoms with E-state index in [-0.39, 0.29) is 11.8 Å². The number of ether oxygens (including phenoxy) is 1. The number of carbonyl (C=O) groups excluding carboxylic acids is 2. The van der Waals surface area contributed by atoms with Gasteiger partial charge < -0.3 is 9.64 Å². The van der Waals surface area contributed by atoms with Gasteiger partial charge in [-0.25, -0.2) is 9.97 Å². The molecule has 0 radical (unpaired) electrons. The molecular formula is C25H26N6O3. The molecule has 3 heterocycles. The van der Waals surface area contributed by atoms with E-state index >= 15 is 0 Å². The van der Waals surface area contributed by atoms with Crippen molar-refractivity contribution in [1.82, 2.24) is 19.4 Å². The molecule has 2 amide bonds. The Balaban J connectivity index is 1.64. The molecule has 3 aromatic rings. The molecule has 174 valence electrons. The van der Waals surface area contributed by atoms with Gasteiger partial charge in [-0.3, -0.25) is 19.5 Å². The number of fused-ring (bicyclic) bond motifs is 1. The van der Waals surface area contributed by atoms with Gasteiger partial charge in [0.25, 0.3) is 11.8 Å². The summed E-state index contributed by atoms with van der Waals surface area (Å²) >= 11 is 0. The number of aromatic nitrogens is 3. The SMILES string of the molecule is COCCCn1c(NC(=O)c2cccc(C#N)c2)nc2cc(C(=O)N3CC=CCCC3)cnc21. The Labute approximate surface area is 197 Å². The van der Waals surface area contributed by atoms with Crippen molar-refractivity contribution in [2.24, 2.45) is 0 Å². The fourth-order valence-corrected chi connectivity index (χ4v) is 3.88. The van der Waals surface area contributed by atoms with E-state index in [0.717, 1.165) is 12.8 Å². The molecule has 0 spiro atoms. The summed E-state index contributed by atoms with van der Waals surface area (Å²) in [5, 5.41) is 12.0. The zero-order valence-corrected chi connectivity index (χ0v) is 19.0. The standard InChI is InChI=1S/C25H26N6O3/c1-34-13-7-12-31-22-21(15-20(17-27-22)24(33)30-10-4-2-3-5-11-30)28-25(31)29-23(32)19-9-6-8-18(14-19)16-26/h2,4,6,8-9,14-15,17H,3,5,7,10-13H2,1H3,(H,28,29,32). The number of nitrogens with zero attached hydrogens (tertiary/aromatic N) is 5. The minimum atomic E-state index is -0.381. The second kappa shape index (κ2) is 10.7. The third kappa shape index (κ3) is 5.13. The van der Waals surface area contributed by atoms with Crippen LogP contribution in [-0.4, -0.2) is 58.1 Å². The number of pyridine rings is 1. The Morgan fingerprint density at radius 2 is 2.12 bits per heavy atom. The Morgan fingerprint density at radius 1 is 1.24 bits per heavy atom. The van der Waals surface area contributed by atoms with Crippen LogP contribution in [0.5, 0.6) is 0 Å². The highest BCUT2D eigenvalue weighted by Crippen LogP contribution is 2.21. The van der Waals surface area contributed by atoms with Crippen molar-refractivity contribution in [3.63, 3.8) is 0 Å². The van der Waals surface area contributed by atoms with Crippen LogP contribution in [0.4, 0.5) is 5.95 Å². The number of hydrogen-bond acceptors (Lipinski definition) is 6. The number of amides is 2. The van der Waals surface area contributed by atoms with Crippen molar-refractivity contribution in [2.75, 3.05) is 32.1 Å². The van der Waals surface area contributed by atoms with Crippen LogP contribution in [0.25, 0.3) is 11.2 Å². The van der Waals surface area contributed by atoms with Gasteiger partial charge in [-0.1, -0.05) is 18.2 Å². The second-order valence-corrected chi connectivity index (χ2v) is 8.01. The van der Waals surface area contributed by atoms with Crippen LogP contribution in [0.3, 0.4) is 0 Å². The molecule has 1 aliphatic rings. The number of aryl methyl sites for hydroxylation is 1. The number of nitrogens with one attached hydrogen (secondary N) is 1. The Bertz CT molecular complexity index is 1270. The monoisotopic (exact) mass is 458 g/mol. The number of carbonyl (C=O) groups is 2. The van der Waals surface area contributed by atoms with Gasteiger partial charge in [0.2, 0.25) is 5.95 Å². The van der Waals surface area contributed by atoms with Crippen molar-refractivity contribution in [1.29, 1.82) is 5.26 Å². The first-order chi connectivity index (χ1) is 16.6. The lowest BCUT2D eigenvalue weighted by atomic mass is 10.1. The Kier molecular flexibility index (Phi) is 7.30. The summed E-state index contributed by atoms with van der Waals surface area (Å²) < 4.78 is 6.98. The number of benzene rings is 1. The molecule has 34 heavy (non-hydrogen) atoms. The number of nitriles is 1. The summed E-state index contributed by atoms with van der Waals surface area (Å²) in [6, 6.07) is 10.2. The number of hydrogen-bond donors (Lipinski definition) is 1. The maximum atomic E-state index is 13.0. The zero-order chi connectivity index (χ0) is 23.9. The molecule has 0 atom stereocenters. The molecule has 9 nitrogen and oxygen atoms in total. The maximum Gasteiger partial charge on any atom is 0.258 e. The molecule has 0 bridgehead atoms. The molecule has 0 saturated carbocycles. The number of imidazole rings is 1. The maximum absolute atomic E-state index is 13.0. The second-order valence-electron chi connectivity index (χ2n) is 8.01. The van der Waals surface area contributed by atoms with E-state index in [4.69, 9.17) is 10.00 Å². The van der Waals surface area contributed by atoms with Crippen molar-refractivity contribution >= 4 is 28.9 Å². The summed E-state index contributed by atoms with van der Waals surface area (Å²) in [4.78, 5) is 36.8. The first-order valence-electron chi connectivity index (χ1n) is 11.2. The van der Waals surface area contributed by atoms with Gasteiger partial charge in [-0.05, 0) is 43.5 Å². The number of anilines is 1. The van der Waals surface area contributed by atoms with Crippen LogP contribution in [-0.2, 0) is 11.3 Å². The molecule has 0 fully saturated rings. The number of rotatable bonds is 7. The van der Waals surface area contributed by atoms with Crippen LogP contribution in [0, 0.1) is 11.3 Å². The largest absolute Gasteiger partial charge is 0.385 e. The van der Waals surface area contributed by atoms with E-state index in [2.05, 4.69) is 21.4 Å². The van der Waals surface area contributed by atoms with E-state index in [1.807, 2.05) is 16.7 Å². The van der Waals surface area contributed by atoms with E-state index in [9.17, 15) is 9.59 Å². The van der Waals surface area contributed by atoms with Crippen LogP contribution in [0.1, 0.15) is 45.5 Å². The van der Waals surface area contributed by atoms with Crippen molar-refractivity contribution in [2.45, 2.75) is 25.8 Å². The van der Waals surface area contributed by atoms with Crippen LogP contribution < -0.4 is 5.32 Å². The predicted octanol–water partition coefficient (Wildman–Crippen LogP) is 3.38. The zero-order valence-electron chi connectivity index (χ0n) is 19.0. The molecule has 1 aromatic carbocycles. The smallest absolute Gasteiger partial charge is 0.258 e. The average Bonchev–Trinajstić information content (AvgIpc) is 3.02. The van der Waals surface area contributed by atoms with Crippen molar-refractivity contribution < 1.29 is 14.3 Å². The highest BCUT2D eigenvalue weighted by atomic mass is 16.5. The van der Waals surface area contributed by atoms with Gasteiger partial charge in [0.15, 0.2) is 5.65 Å². The summed E-state index contributed by atoms with van der Waals surface area (Å²) in [5.74, 6) is -0.143. The van der Waals surface area contributed by atoms with Crippen LogP contribution in [0.15, 0.2) is 48.7 Å². The summed E-state index contributed by atoms with van der Waals surface area (Å²) in [5.41, 5.74) is 2.31. The Hall–Kier alpha value is -4.03. The highest BCUT2D eigenvalue weighted by Gasteiger charge is 2.20. The lowest BCUT2D eigenvalue weighted by Crippen LogP contribution is -2.31. The van der Waals surface area contributed by atoms with Crippen LogP contribution in [0.2, 0.25) is 0 Å². The Morgan fingerprint density at radius 3 is 2.94 bits per heavy atom. The average molecular weight is 459 g/mol. The number of allylic oxidation sites excluding steroid dienone is 1. The van der Waals surface area contributed by atoms with Gasteiger partial charge >= 0.3 is 0 Å². The third-order valence-electron chi connectivity index (χ3n) is 5.62. The summed E-state index contributed by atoms with van der Waals surface area (Å²) in [6.45, 7) is 2.33. The molecule has 0 saturated heterocycles.